The highest BCUT2D eigenvalue weighted by Crippen LogP contribution is 2.21. The normalized spacial score (nSPS) is 15.3. The molecule has 1 aliphatic rings. The van der Waals surface area contributed by atoms with Gasteiger partial charge in [0, 0.05) is 25.7 Å². The van der Waals surface area contributed by atoms with Crippen molar-refractivity contribution in [1.29, 1.82) is 0 Å². The minimum atomic E-state index is -0.162. The average molecular weight is 324 g/mol. The molecule has 0 aliphatic carbocycles. The lowest BCUT2D eigenvalue weighted by Crippen LogP contribution is -2.34. The maximum atomic E-state index is 12.4. The summed E-state index contributed by atoms with van der Waals surface area (Å²) < 4.78 is 0. The molecule has 24 heavy (non-hydrogen) atoms. The Morgan fingerprint density at radius 1 is 1.25 bits per heavy atom. The number of benzene rings is 1. The first-order valence-corrected chi connectivity index (χ1v) is 8.52. The Bertz CT molecular complexity index is 708. The van der Waals surface area contributed by atoms with Crippen LogP contribution in [0.15, 0.2) is 36.7 Å². The van der Waals surface area contributed by atoms with Gasteiger partial charge in [0.2, 0.25) is 0 Å². The van der Waals surface area contributed by atoms with Crippen LogP contribution < -0.4 is 10.2 Å². The van der Waals surface area contributed by atoms with E-state index in [1.807, 2.05) is 25.1 Å². The number of rotatable bonds is 4. The summed E-state index contributed by atoms with van der Waals surface area (Å²) in [5.74, 6) is 1.45. The number of hydrogen-bond acceptors (Lipinski definition) is 4. The van der Waals surface area contributed by atoms with Crippen LogP contribution in [0.3, 0.4) is 0 Å². The number of carbonyl (C=O) groups excluding carboxylic acids is 1. The van der Waals surface area contributed by atoms with E-state index < -0.39 is 0 Å². The van der Waals surface area contributed by atoms with Crippen LogP contribution in [-0.2, 0) is 6.54 Å². The Hall–Kier alpha value is -2.43. The van der Waals surface area contributed by atoms with Crippen molar-refractivity contribution in [2.24, 2.45) is 5.92 Å². The molecule has 0 bridgehead atoms. The van der Waals surface area contributed by atoms with Gasteiger partial charge in [0.15, 0.2) is 0 Å². The smallest absolute Gasteiger partial charge is 0.270 e. The van der Waals surface area contributed by atoms with Crippen LogP contribution in [0.25, 0.3) is 0 Å². The Morgan fingerprint density at radius 3 is 2.79 bits per heavy atom. The number of hydrogen-bond donors (Lipinski definition) is 1. The summed E-state index contributed by atoms with van der Waals surface area (Å²) in [4.78, 5) is 23.1. The highest BCUT2D eigenvalue weighted by Gasteiger charge is 2.18. The van der Waals surface area contributed by atoms with E-state index in [0.29, 0.717) is 12.2 Å². The van der Waals surface area contributed by atoms with Gasteiger partial charge >= 0.3 is 0 Å². The molecule has 5 nitrogen and oxygen atoms in total. The molecule has 1 amide bonds. The van der Waals surface area contributed by atoms with Gasteiger partial charge in [-0.3, -0.25) is 4.79 Å². The first kappa shape index (κ1) is 16.4. The van der Waals surface area contributed by atoms with Gasteiger partial charge in [-0.2, -0.15) is 0 Å². The lowest BCUT2D eigenvalue weighted by atomic mass is 9.99. The quantitative estimate of drug-likeness (QED) is 0.939. The molecule has 1 aromatic heterocycles. The SMILES string of the molecule is Cc1cccc(CNC(=O)c2cc(N3CCC(C)CC3)ncn2)c1. The van der Waals surface area contributed by atoms with Crippen molar-refractivity contribution in [3.05, 3.63) is 53.5 Å². The number of nitrogens with one attached hydrogen (secondary N) is 1. The van der Waals surface area contributed by atoms with E-state index in [0.717, 1.165) is 30.4 Å². The van der Waals surface area contributed by atoms with Crippen LogP contribution in [-0.4, -0.2) is 29.0 Å². The van der Waals surface area contributed by atoms with Crippen molar-refractivity contribution in [2.75, 3.05) is 18.0 Å². The zero-order valence-electron chi connectivity index (χ0n) is 14.3. The van der Waals surface area contributed by atoms with E-state index in [2.05, 4.69) is 33.2 Å². The van der Waals surface area contributed by atoms with Gasteiger partial charge in [0.1, 0.15) is 17.8 Å². The number of carbonyl (C=O) groups is 1. The Labute approximate surface area is 143 Å². The second kappa shape index (κ2) is 7.43. The molecule has 0 unspecified atom stereocenters. The van der Waals surface area contributed by atoms with E-state index in [4.69, 9.17) is 0 Å². The second-order valence-electron chi connectivity index (χ2n) is 6.60. The molecule has 1 aromatic carbocycles. The number of piperidine rings is 1. The van der Waals surface area contributed by atoms with Gasteiger partial charge in [-0.15, -0.1) is 0 Å². The van der Waals surface area contributed by atoms with Crippen molar-refractivity contribution in [3.63, 3.8) is 0 Å². The highest BCUT2D eigenvalue weighted by molar-refractivity contribution is 5.92. The summed E-state index contributed by atoms with van der Waals surface area (Å²) in [6.07, 6.45) is 3.81. The molecule has 0 atom stereocenters. The number of anilines is 1. The molecule has 1 fully saturated rings. The summed E-state index contributed by atoms with van der Waals surface area (Å²) in [5, 5.41) is 2.93. The second-order valence-corrected chi connectivity index (χ2v) is 6.60. The van der Waals surface area contributed by atoms with E-state index in [9.17, 15) is 4.79 Å². The Balaban J connectivity index is 1.63. The molecule has 2 aromatic rings. The third-order valence-corrected chi connectivity index (χ3v) is 4.53. The summed E-state index contributed by atoms with van der Waals surface area (Å²) in [7, 11) is 0. The maximum absolute atomic E-state index is 12.4. The molecule has 126 valence electrons. The van der Waals surface area contributed by atoms with Crippen LogP contribution in [0, 0.1) is 12.8 Å². The molecule has 0 radical (unpaired) electrons. The molecule has 1 aliphatic heterocycles. The van der Waals surface area contributed by atoms with Crippen LogP contribution in [0.1, 0.15) is 41.4 Å². The van der Waals surface area contributed by atoms with Crippen LogP contribution in [0.2, 0.25) is 0 Å². The van der Waals surface area contributed by atoms with E-state index >= 15 is 0 Å². The summed E-state index contributed by atoms with van der Waals surface area (Å²) in [6, 6.07) is 9.91. The van der Waals surface area contributed by atoms with Crippen molar-refractivity contribution in [3.8, 4) is 0 Å². The zero-order valence-corrected chi connectivity index (χ0v) is 14.3. The predicted octanol–water partition coefficient (Wildman–Crippen LogP) is 2.95. The summed E-state index contributed by atoms with van der Waals surface area (Å²) in [5.41, 5.74) is 2.69. The molecular formula is C19H24N4O. The van der Waals surface area contributed by atoms with E-state index in [-0.39, 0.29) is 5.91 Å². The first-order chi connectivity index (χ1) is 11.6. The molecule has 1 N–H and O–H groups in total. The predicted molar refractivity (Wildman–Crippen MR) is 95.0 cm³/mol. The van der Waals surface area contributed by atoms with Gasteiger partial charge in [-0.05, 0) is 31.2 Å². The fraction of sp³-hybridized carbons (Fsp3) is 0.421. The van der Waals surface area contributed by atoms with E-state index in [1.54, 1.807) is 6.07 Å². The van der Waals surface area contributed by atoms with Crippen LogP contribution >= 0.6 is 0 Å². The van der Waals surface area contributed by atoms with Crippen molar-refractivity contribution in [1.82, 2.24) is 15.3 Å². The van der Waals surface area contributed by atoms with Gasteiger partial charge < -0.3 is 10.2 Å². The maximum Gasteiger partial charge on any atom is 0.270 e. The first-order valence-electron chi connectivity index (χ1n) is 8.52. The highest BCUT2D eigenvalue weighted by atomic mass is 16.1. The molecular weight excluding hydrogens is 300 g/mol. The molecule has 5 heteroatoms. The topological polar surface area (TPSA) is 58.1 Å². The lowest BCUT2D eigenvalue weighted by molar-refractivity contribution is 0.0945. The zero-order chi connectivity index (χ0) is 16.9. The standard InChI is InChI=1S/C19H24N4O/c1-14-6-8-23(9-7-14)18-11-17(21-13-22-18)19(24)20-12-16-5-3-4-15(2)10-16/h3-5,10-11,13-14H,6-9,12H2,1-2H3,(H,20,24). The van der Waals surface area contributed by atoms with Crippen LogP contribution in [0.5, 0.6) is 0 Å². The average Bonchev–Trinajstić information content (AvgIpc) is 2.60. The Morgan fingerprint density at radius 2 is 2.04 bits per heavy atom. The monoisotopic (exact) mass is 324 g/mol. The summed E-state index contributed by atoms with van der Waals surface area (Å²) >= 11 is 0. The Kier molecular flexibility index (Phi) is 5.08. The third-order valence-electron chi connectivity index (χ3n) is 4.53. The number of aryl methyl sites for hydroxylation is 1. The fourth-order valence-electron chi connectivity index (χ4n) is 2.98. The third kappa shape index (κ3) is 4.10. The molecule has 0 spiro atoms. The summed E-state index contributed by atoms with van der Waals surface area (Å²) in [6.45, 7) is 6.80. The fourth-order valence-corrected chi connectivity index (χ4v) is 2.98. The van der Waals surface area contributed by atoms with E-state index in [1.165, 1.54) is 24.7 Å². The van der Waals surface area contributed by atoms with Gasteiger partial charge in [0.25, 0.3) is 5.91 Å². The van der Waals surface area contributed by atoms with Crippen molar-refractivity contribution in [2.45, 2.75) is 33.2 Å². The number of nitrogens with zero attached hydrogens (tertiary/aromatic N) is 3. The lowest BCUT2D eigenvalue weighted by Gasteiger charge is -2.31. The van der Waals surface area contributed by atoms with Crippen molar-refractivity contribution < 1.29 is 4.79 Å². The molecule has 3 rings (SSSR count). The molecule has 2 heterocycles. The molecule has 1 saturated heterocycles. The minimum Gasteiger partial charge on any atom is -0.356 e. The number of amides is 1. The largest absolute Gasteiger partial charge is 0.356 e. The van der Waals surface area contributed by atoms with Gasteiger partial charge in [0.05, 0.1) is 0 Å². The van der Waals surface area contributed by atoms with Crippen molar-refractivity contribution >= 4 is 11.7 Å². The number of aromatic nitrogens is 2. The van der Waals surface area contributed by atoms with Crippen LogP contribution in [0.4, 0.5) is 5.82 Å². The molecule has 0 saturated carbocycles. The van der Waals surface area contributed by atoms with Gasteiger partial charge in [-0.1, -0.05) is 36.8 Å². The minimum absolute atomic E-state index is 0.162. The van der Waals surface area contributed by atoms with Gasteiger partial charge in [-0.25, -0.2) is 9.97 Å².